The highest BCUT2D eigenvalue weighted by atomic mass is 19.1. The molecule has 0 saturated heterocycles. The van der Waals surface area contributed by atoms with Crippen LogP contribution >= 0.6 is 0 Å². The third-order valence-corrected chi connectivity index (χ3v) is 1.33. The molecular weight excluding hydrogens is 187 g/mol. The van der Waals surface area contributed by atoms with Crippen LogP contribution < -0.4 is 10.5 Å². The minimum Gasteiger partial charge on any atom is -0.480 e. The molecule has 0 bridgehead atoms. The highest BCUT2D eigenvalue weighted by Gasteiger charge is 2.02. The van der Waals surface area contributed by atoms with Gasteiger partial charge in [-0.15, -0.1) is 0 Å². The SMILES string of the molecule is COc1ncc(F)cc1C#CC(N)=O. The second-order valence-electron chi connectivity index (χ2n) is 2.32. The Morgan fingerprint density at radius 1 is 1.71 bits per heavy atom. The van der Waals surface area contributed by atoms with E-state index < -0.39 is 11.7 Å². The number of rotatable bonds is 1. The van der Waals surface area contributed by atoms with E-state index >= 15 is 0 Å². The summed E-state index contributed by atoms with van der Waals surface area (Å²) < 4.78 is 17.5. The summed E-state index contributed by atoms with van der Waals surface area (Å²) >= 11 is 0. The maximum absolute atomic E-state index is 12.7. The Labute approximate surface area is 79.9 Å². The Balaban J connectivity index is 3.13. The van der Waals surface area contributed by atoms with Crippen LogP contribution in [0.3, 0.4) is 0 Å². The predicted molar refractivity (Wildman–Crippen MR) is 46.8 cm³/mol. The van der Waals surface area contributed by atoms with Crippen LogP contribution in [0, 0.1) is 17.7 Å². The first-order valence-electron chi connectivity index (χ1n) is 3.64. The minimum absolute atomic E-state index is 0.153. The van der Waals surface area contributed by atoms with Crippen molar-refractivity contribution in [3.8, 4) is 17.7 Å². The summed E-state index contributed by atoms with van der Waals surface area (Å²) in [5.41, 5.74) is 4.99. The summed E-state index contributed by atoms with van der Waals surface area (Å²) in [5, 5.41) is 0. The molecule has 1 aromatic rings. The van der Waals surface area contributed by atoms with E-state index in [1.54, 1.807) is 0 Å². The number of primary amides is 1. The van der Waals surface area contributed by atoms with E-state index in [1.807, 2.05) is 0 Å². The molecule has 0 unspecified atom stereocenters. The number of methoxy groups -OCH3 is 1. The number of halogens is 1. The van der Waals surface area contributed by atoms with Gasteiger partial charge in [0.2, 0.25) is 5.88 Å². The molecule has 1 heterocycles. The van der Waals surface area contributed by atoms with Gasteiger partial charge in [-0.05, 0) is 6.07 Å². The van der Waals surface area contributed by atoms with Gasteiger partial charge < -0.3 is 10.5 Å². The number of pyridine rings is 1. The Bertz CT molecular complexity index is 421. The molecule has 1 rings (SSSR count). The quantitative estimate of drug-likeness (QED) is 0.643. The third kappa shape index (κ3) is 2.45. The molecular formula is C9H7FN2O2. The van der Waals surface area contributed by atoms with Crippen LogP contribution in [0.5, 0.6) is 5.88 Å². The maximum Gasteiger partial charge on any atom is 0.293 e. The number of carbonyl (C=O) groups excluding carboxylic acids is 1. The molecule has 72 valence electrons. The summed E-state index contributed by atoms with van der Waals surface area (Å²) in [5.74, 6) is 3.22. The van der Waals surface area contributed by atoms with Crippen molar-refractivity contribution in [2.45, 2.75) is 0 Å². The highest BCUT2D eigenvalue weighted by Crippen LogP contribution is 2.13. The summed E-state index contributed by atoms with van der Waals surface area (Å²) in [6, 6.07) is 1.11. The lowest BCUT2D eigenvalue weighted by molar-refractivity contribution is -0.112. The van der Waals surface area contributed by atoms with Gasteiger partial charge in [0.25, 0.3) is 5.91 Å². The molecule has 0 aliphatic carbocycles. The summed E-state index contributed by atoms with van der Waals surface area (Å²) in [6.07, 6.45) is 0.994. The number of nitrogens with zero attached hydrogens (tertiary/aromatic N) is 1. The van der Waals surface area contributed by atoms with E-state index in [0.29, 0.717) is 0 Å². The van der Waals surface area contributed by atoms with Gasteiger partial charge in [0, 0.05) is 5.92 Å². The largest absolute Gasteiger partial charge is 0.480 e. The zero-order chi connectivity index (χ0) is 10.6. The van der Waals surface area contributed by atoms with Crippen molar-refractivity contribution in [3.63, 3.8) is 0 Å². The van der Waals surface area contributed by atoms with Crippen molar-refractivity contribution < 1.29 is 13.9 Å². The average molecular weight is 194 g/mol. The van der Waals surface area contributed by atoms with Crippen LogP contribution in [0.25, 0.3) is 0 Å². The smallest absolute Gasteiger partial charge is 0.293 e. The van der Waals surface area contributed by atoms with Crippen molar-refractivity contribution in [2.24, 2.45) is 5.73 Å². The molecule has 0 aliphatic heterocycles. The first kappa shape index (κ1) is 9.99. The third-order valence-electron chi connectivity index (χ3n) is 1.33. The van der Waals surface area contributed by atoms with E-state index in [-0.39, 0.29) is 11.4 Å². The van der Waals surface area contributed by atoms with E-state index in [1.165, 1.54) is 7.11 Å². The number of nitrogens with two attached hydrogens (primary N) is 1. The summed E-state index contributed by atoms with van der Waals surface area (Å²) in [6.45, 7) is 0. The van der Waals surface area contributed by atoms with Crippen molar-refractivity contribution in [1.29, 1.82) is 0 Å². The molecule has 0 fully saturated rings. The van der Waals surface area contributed by atoms with Gasteiger partial charge in [-0.25, -0.2) is 9.37 Å². The van der Waals surface area contributed by atoms with E-state index in [2.05, 4.69) is 16.8 Å². The van der Waals surface area contributed by atoms with Gasteiger partial charge in [0.05, 0.1) is 18.9 Å². The lowest BCUT2D eigenvalue weighted by Crippen LogP contribution is -2.06. The summed E-state index contributed by atoms with van der Waals surface area (Å²) in [4.78, 5) is 14.0. The second kappa shape index (κ2) is 4.23. The Morgan fingerprint density at radius 3 is 3.00 bits per heavy atom. The van der Waals surface area contributed by atoms with Crippen molar-refractivity contribution in [3.05, 3.63) is 23.6 Å². The van der Waals surface area contributed by atoms with Gasteiger partial charge in [-0.1, -0.05) is 5.92 Å². The molecule has 5 heteroatoms. The number of amides is 1. The first-order chi connectivity index (χ1) is 6.63. The molecule has 0 saturated carbocycles. The van der Waals surface area contributed by atoms with Crippen LogP contribution in [-0.2, 0) is 4.79 Å². The minimum atomic E-state index is -0.795. The van der Waals surface area contributed by atoms with E-state index in [4.69, 9.17) is 10.5 Å². The van der Waals surface area contributed by atoms with Crippen molar-refractivity contribution >= 4 is 5.91 Å². The lowest BCUT2D eigenvalue weighted by atomic mass is 10.2. The topological polar surface area (TPSA) is 65.2 Å². The molecule has 0 spiro atoms. The zero-order valence-corrected chi connectivity index (χ0v) is 7.37. The Hall–Kier alpha value is -2.09. The van der Waals surface area contributed by atoms with Gasteiger partial charge >= 0.3 is 0 Å². The fraction of sp³-hybridized carbons (Fsp3) is 0.111. The monoisotopic (exact) mass is 194 g/mol. The molecule has 0 radical (unpaired) electrons. The zero-order valence-electron chi connectivity index (χ0n) is 7.37. The number of carbonyl (C=O) groups is 1. The fourth-order valence-corrected chi connectivity index (χ4v) is 0.808. The Morgan fingerprint density at radius 2 is 2.43 bits per heavy atom. The second-order valence-corrected chi connectivity index (χ2v) is 2.32. The Kier molecular flexibility index (Phi) is 3.02. The summed E-state index contributed by atoms with van der Waals surface area (Å²) in [7, 11) is 1.37. The molecule has 2 N–H and O–H groups in total. The number of aromatic nitrogens is 1. The number of ether oxygens (including phenoxy) is 1. The van der Waals surface area contributed by atoms with Crippen LogP contribution in [0.4, 0.5) is 4.39 Å². The van der Waals surface area contributed by atoms with Gasteiger partial charge in [0.1, 0.15) is 5.82 Å². The highest BCUT2D eigenvalue weighted by molar-refractivity contribution is 5.92. The fourth-order valence-electron chi connectivity index (χ4n) is 0.808. The van der Waals surface area contributed by atoms with Gasteiger partial charge in [0.15, 0.2) is 0 Å². The molecule has 0 atom stereocenters. The van der Waals surface area contributed by atoms with Crippen molar-refractivity contribution in [2.75, 3.05) is 7.11 Å². The lowest BCUT2D eigenvalue weighted by Gasteiger charge is -2.00. The molecule has 0 aliphatic rings. The van der Waals surface area contributed by atoms with Gasteiger partial charge in [-0.2, -0.15) is 0 Å². The van der Waals surface area contributed by atoms with Crippen LogP contribution in [0.15, 0.2) is 12.3 Å². The first-order valence-corrected chi connectivity index (χ1v) is 3.64. The molecule has 0 aromatic carbocycles. The maximum atomic E-state index is 12.7. The van der Waals surface area contributed by atoms with E-state index in [0.717, 1.165) is 12.3 Å². The van der Waals surface area contributed by atoms with Crippen LogP contribution in [0.1, 0.15) is 5.56 Å². The molecule has 14 heavy (non-hydrogen) atoms. The standard InChI is InChI=1S/C9H7FN2O2/c1-14-9-6(2-3-8(11)13)4-7(10)5-12-9/h4-5H,1H3,(H2,11,13). The number of hydrogen-bond acceptors (Lipinski definition) is 3. The van der Waals surface area contributed by atoms with Gasteiger partial charge in [-0.3, -0.25) is 4.79 Å². The van der Waals surface area contributed by atoms with Crippen LogP contribution in [0.2, 0.25) is 0 Å². The predicted octanol–water partition coefficient (Wildman–Crippen LogP) is 0.0661. The normalized spacial score (nSPS) is 8.71. The molecule has 4 nitrogen and oxygen atoms in total. The number of hydrogen-bond donors (Lipinski definition) is 1. The molecule has 1 aromatic heterocycles. The average Bonchev–Trinajstić information content (AvgIpc) is 2.15. The molecule has 1 amide bonds. The van der Waals surface area contributed by atoms with Crippen LogP contribution in [-0.4, -0.2) is 18.0 Å². The van der Waals surface area contributed by atoms with E-state index in [9.17, 15) is 9.18 Å². The van der Waals surface area contributed by atoms with Crippen molar-refractivity contribution in [1.82, 2.24) is 4.98 Å².